The van der Waals surface area contributed by atoms with Gasteiger partial charge in [-0.1, -0.05) is 13.8 Å². The van der Waals surface area contributed by atoms with E-state index in [2.05, 4.69) is 39.3 Å². The van der Waals surface area contributed by atoms with Crippen molar-refractivity contribution in [3.63, 3.8) is 0 Å². The zero-order valence-corrected chi connectivity index (χ0v) is 11.3. The fraction of sp³-hybridized carbons (Fsp3) is 0.615. The number of nitrogen functional groups attached to an aromatic ring is 1. The molecule has 0 bridgehead atoms. The second kappa shape index (κ2) is 4.68. The molecule has 0 spiro atoms. The highest BCUT2D eigenvalue weighted by molar-refractivity contribution is 5.86. The Morgan fingerprint density at radius 2 is 1.95 bits per heavy atom. The van der Waals surface area contributed by atoms with E-state index in [4.69, 9.17) is 5.73 Å². The van der Waals surface area contributed by atoms with Crippen LogP contribution in [0, 0.1) is 11.8 Å². The molecule has 19 heavy (non-hydrogen) atoms. The fourth-order valence-corrected chi connectivity index (χ4v) is 3.22. The average molecular weight is 260 g/mol. The highest BCUT2D eigenvalue weighted by Gasteiger charge is 2.24. The molecule has 2 unspecified atom stereocenters. The zero-order valence-electron chi connectivity index (χ0n) is 11.3. The van der Waals surface area contributed by atoms with Gasteiger partial charge in [0.25, 0.3) is 0 Å². The summed E-state index contributed by atoms with van der Waals surface area (Å²) in [5.41, 5.74) is 6.42. The van der Waals surface area contributed by atoms with Crippen molar-refractivity contribution in [2.24, 2.45) is 11.8 Å². The largest absolute Gasteiger partial charge is 0.368 e. The third kappa shape index (κ3) is 2.47. The van der Waals surface area contributed by atoms with Crippen LogP contribution >= 0.6 is 0 Å². The summed E-state index contributed by atoms with van der Waals surface area (Å²) in [6.07, 6.45) is 5.40. The lowest BCUT2D eigenvalue weighted by atomic mass is 9.80. The van der Waals surface area contributed by atoms with Gasteiger partial charge in [-0.2, -0.15) is 15.1 Å². The fourth-order valence-electron chi connectivity index (χ4n) is 3.22. The Bertz CT molecular complexity index is 568. The van der Waals surface area contributed by atoms with Gasteiger partial charge in [0.2, 0.25) is 5.95 Å². The Morgan fingerprint density at radius 3 is 2.68 bits per heavy atom. The van der Waals surface area contributed by atoms with Crippen molar-refractivity contribution in [1.29, 1.82) is 0 Å². The van der Waals surface area contributed by atoms with Gasteiger partial charge < -0.3 is 11.1 Å². The molecule has 2 aromatic rings. The van der Waals surface area contributed by atoms with Crippen molar-refractivity contribution in [2.75, 3.05) is 11.1 Å². The summed E-state index contributed by atoms with van der Waals surface area (Å²) in [6, 6.07) is 0.450. The minimum absolute atomic E-state index is 0.274. The third-order valence-corrected chi connectivity index (χ3v) is 3.85. The molecule has 3 rings (SSSR count). The van der Waals surface area contributed by atoms with E-state index in [1.165, 1.54) is 19.3 Å². The number of rotatable bonds is 2. The SMILES string of the molecule is CC1CC(C)CC(Nc2nc(N)nc3[nH]ncc23)C1. The quantitative estimate of drug-likeness (QED) is 0.769. The van der Waals surface area contributed by atoms with Crippen LogP contribution in [0.4, 0.5) is 11.8 Å². The lowest BCUT2D eigenvalue weighted by molar-refractivity contribution is 0.280. The number of hydrogen-bond donors (Lipinski definition) is 3. The van der Waals surface area contributed by atoms with Gasteiger partial charge in [-0.25, -0.2) is 0 Å². The molecule has 102 valence electrons. The molecule has 2 heterocycles. The van der Waals surface area contributed by atoms with Gasteiger partial charge in [-0.05, 0) is 31.1 Å². The number of hydrogen-bond acceptors (Lipinski definition) is 5. The second-order valence-electron chi connectivity index (χ2n) is 5.82. The molecule has 6 heteroatoms. The molecule has 6 nitrogen and oxygen atoms in total. The topological polar surface area (TPSA) is 92.5 Å². The van der Waals surface area contributed by atoms with Gasteiger partial charge >= 0.3 is 0 Å². The molecule has 1 aliphatic rings. The number of H-pyrrole nitrogens is 1. The Morgan fingerprint density at radius 1 is 1.21 bits per heavy atom. The smallest absolute Gasteiger partial charge is 0.224 e. The first-order valence-corrected chi connectivity index (χ1v) is 6.85. The van der Waals surface area contributed by atoms with Crippen molar-refractivity contribution in [1.82, 2.24) is 20.2 Å². The van der Waals surface area contributed by atoms with E-state index in [1.54, 1.807) is 6.20 Å². The monoisotopic (exact) mass is 260 g/mol. The van der Waals surface area contributed by atoms with Crippen LogP contribution in [0.2, 0.25) is 0 Å². The first kappa shape index (κ1) is 12.2. The van der Waals surface area contributed by atoms with Crippen molar-refractivity contribution in [2.45, 2.75) is 39.2 Å². The van der Waals surface area contributed by atoms with Crippen molar-refractivity contribution >= 4 is 22.8 Å². The number of nitrogens with two attached hydrogens (primary N) is 1. The maximum absolute atomic E-state index is 5.73. The number of anilines is 2. The lowest BCUT2D eigenvalue weighted by Gasteiger charge is -2.32. The summed E-state index contributed by atoms with van der Waals surface area (Å²) < 4.78 is 0. The maximum atomic E-state index is 5.73. The summed E-state index contributed by atoms with van der Waals surface area (Å²) in [4.78, 5) is 8.44. The van der Waals surface area contributed by atoms with Gasteiger partial charge in [0, 0.05) is 6.04 Å². The molecule has 0 radical (unpaired) electrons. The highest BCUT2D eigenvalue weighted by Crippen LogP contribution is 2.31. The summed E-state index contributed by atoms with van der Waals surface area (Å²) >= 11 is 0. The minimum Gasteiger partial charge on any atom is -0.368 e. The number of fused-ring (bicyclic) bond motifs is 1. The number of nitrogens with zero attached hydrogens (tertiary/aromatic N) is 3. The number of nitrogens with one attached hydrogen (secondary N) is 2. The van der Waals surface area contributed by atoms with Crippen LogP contribution in [0.5, 0.6) is 0 Å². The molecule has 0 aromatic carbocycles. The summed E-state index contributed by atoms with van der Waals surface area (Å²) in [5.74, 6) is 2.57. The zero-order chi connectivity index (χ0) is 13.4. The van der Waals surface area contributed by atoms with E-state index in [9.17, 15) is 0 Å². The first-order chi connectivity index (χ1) is 9.11. The van der Waals surface area contributed by atoms with E-state index >= 15 is 0 Å². The summed E-state index contributed by atoms with van der Waals surface area (Å²) in [6.45, 7) is 4.62. The Kier molecular flexibility index (Phi) is 3.00. The molecular weight excluding hydrogens is 240 g/mol. The first-order valence-electron chi connectivity index (χ1n) is 6.85. The normalized spacial score (nSPS) is 27.6. The molecule has 0 aliphatic heterocycles. The Balaban J connectivity index is 1.86. The van der Waals surface area contributed by atoms with Crippen LogP contribution in [0.1, 0.15) is 33.1 Å². The van der Waals surface area contributed by atoms with Crippen LogP contribution < -0.4 is 11.1 Å². The van der Waals surface area contributed by atoms with Crippen molar-refractivity contribution < 1.29 is 0 Å². The molecule has 1 saturated carbocycles. The van der Waals surface area contributed by atoms with E-state index in [0.29, 0.717) is 11.7 Å². The van der Waals surface area contributed by atoms with Gasteiger partial charge in [0.15, 0.2) is 5.65 Å². The molecular formula is C13H20N6. The van der Waals surface area contributed by atoms with E-state index in [-0.39, 0.29) is 5.95 Å². The number of aromatic nitrogens is 4. The van der Waals surface area contributed by atoms with Crippen LogP contribution in [0.25, 0.3) is 11.0 Å². The van der Waals surface area contributed by atoms with E-state index < -0.39 is 0 Å². The molecule has 1 aliphatic carbocycles. The van der Waals surface area contributed by atoms with Crippen LogP contribution in [0.15, 0.2) is 6.20 Å². The van der Waals surface area contributed by atoms with Gasteiger partial charge in [-0.15, -0.1) is 0 Å². The summed E-state index contributed by atoms with van der Waals surface area (Å²) in [7, 11) is 0. The summed E-state index contributed by atoms with van der Waals surface area (Å²) in [5, 5.41) is 11.3. The highest BCUT2D eigenvalue weighted by atomic mass is 15.2. The predicted molar refractivity (Wildman–Crippen MR) is 75.7 cm³/mol. The van der Waals surface area contributed by atoms with Crippen LogP contribution in [-0.2, 0) is 0 Å². The third-order valence-electron chi connectivity index (χ3n) is 3.85. The lowest BCUT2D eigenvalue weighted by Crippen LogP contribution is -2.30. The Labute approximate surface area is 112 Å². The van der Waals surface area contributed by atoms with E-state index in [1.807, 2.05) is 0 Å². The van der Waals surface area contributed by atoms with Crippen molar-refractivity contribution in [3.8, 4) is 0 Å². The molecule has 1 fully saturated rings. The Hall–Kier alpha value is -1.85. The molecule has 2 aromatic heterocycles. The molecule has 2 atom stereocenters. The van der Waals surface area contributed by atoms with Crippen molar-refractivity contribution in [3.05, 3.63) is 6.20 Å². The maximum Gasteiger partial charge on any atom is 0.224 e. The van der Waals surface area contributed by atoms with Gasteiger partial charge in [0.05, 0.1) is 11.6 Å². The number of aromatic amines is 1. The predicted octanol–water partition coefficient (Wildman–Crippen LogP) is 2.17. The molecule has 4 N–H and O–H groups in total. The van der Waals surface area contributed by atoms with Gasteiger partial charge in [0.1, 0.15) is 5.82 Å². The molecule has 0 saturated heterocycles. The average Bonchev–Trinajstić information content (AvgIpc) is 2.75. The van der Waals surface area contributed by atoms with E-state index in [0.717, 1.165) is 23.0 Å². The van der Waals surface area contributed by atoms with Crippen LogP contribution in [-0.4, -0.2) is 26.2 Å². The van der Waals surface area contributed by atoms with Gasteiger partial charge in [-0.3, -0.25) is 5.10 Å². The molecule has 0 amide bonds. The van der Waals surface area contributed by atoms with Crippen LogP contribution in [0.3, 0.4) is 0 Å². The standard InChI is InChI=1S/C13H20N6/c1-7-3-8(2)5-9(4-7)16-11-10-6-15-19-12(10)18-13(14)17-11/h6-9H,3-5H2,1-2H3,(H4,14,15,16,17,18,19). The second-order valence-corrected chi connectivity index (χ2v) is 5.82. The minimum atomic E-state index is 0.274.